The van der Waals surface area contributed by atoms with E-state index in [1.807, 2.05) is 42.5 Å². The second-order valence-corrected chi connectivity index (χ2v) is 12.0. The minimum Gasteiger partial charge on any atom is -0.309 e. The van der Waals surface area contributed by atoms with Gasteiger partial charge in [0.1, 0.15) is 0 Å². The Morgan fingerprint density at radius 1 is 0.396 bits per heavy atom. The second kappa shape index (κ2) is 10.9. The smallest absolute Gasteiger partial charge is 0.0998 e. The molecule has 9 rings (SSSR count). The summed E-state index contributed by atoms with van der Waals surface area (Å²) in [5.41, 5.74) is 11.8. The van der Waals surface area contributed by atoms with Crippen LogP contribution < -0.4 is 0 Å². The fourth-order valence-electron chi connectivity index (χ4n) is 7.25. The maximum Gasteiger partial charge on any atom is 0.0998 e. The first kappa shape index (κ1) is 27.4. The summed E-state index contributed by atoms with van der Waals surface area (Å²) in [6, 6.07) is 59.0. The summed E-state index contributed by atoms with van der Waals surface area (Å²) in [5, 5.41) is 24.3. The molecule has 0 radical (unpaired) electrons. The summed E-state index contributed by atoms with van der Waals surface area (Å²) in [5.74, 6) is 0. The lowest BCUT2D eigenvalue weighted by Crippen LogP contribution is -1.97. The first-order valence-electron chi connectivity index (χ1n) is 15.9. The van der Waals surface area contributed by atoms with Crippen LogP contribution in [-0.2, 0) is 0 Å². The van der Waals surface area contributed by atoms with Crippen LogP contribution in [0.5, 0.6) is 0 Å². The summed E-state index contributed by atoms with van der Waals surface area (Å²) in [6.45, 7) is 0. The zero-order valence-corrected chi connectivity index (χ0v) is 25.8. The van der Waals surface area contributed by atoms with E-state index < -0.39 is 0 Å². The molecule has 0 N–H and O–H groups in total. The van der Waals surface area contributed by atoms with Gasteiger partial charge in [-0.1, -0.05) is 97.1 Å². The van der Waals surface area contributed by atoms with Gasteiger partial charge in [-0.3, -0.25) is 0 Å². The Labute approximate surface area is 277 Å². The molecule has 0 saturated heterocycles. The van der Waals surface area contributed by atoms with Gasteiger partial charge < -0.3 is 9.13 Å². The van der Waals surface area contributed by atoms with E-state index in [1.165, 1.54) is 21.8 Å². The number of hydrogen-bond donors (Lipinski definition) is 0. The average Bonchev–Trinajstić information content (AvgIpc) is 3.67. The molecule has 0 aliphatic carbocycles. The quantitative estimate of drug-likeness (QED) is 0.199. The van der Waals surface area contributed by atoms with Crippen molar-refractivity contribution in [2.24, 2.45) is 0 Å². The molecule has 0 unspecified atom stereocenters. The van der Waals surface area contributed by atoms with Gasteiger partial charge in [-0.2, -0.15) is 10.5 Å². The lowest BCUT2D eigenvalue weighted by molar-refractivity contribution is 1.18. The van der Waals surface area contributed by atoms with Crippen molar-refractivity contribution >= 4 is 43.6 Å². The predicted molar refractivity (Wildman–Crippen MR) is 195 cm³/mol. The Balaban J connectivity index is 1.17. The maximum absolute atomic E-state index is 10.2. The Morgan fingerprint density at radius 3 is 1.58 bits per heavy atom. The molecule has 0 aliphatic rings. The van der Waals surface area contributed by atoms with Crippen LogP contribution in [0.3, 0.4) is 0 Å². The molecule has 0 bridgehead atoms. The SMILES string of the molecule is N#Cc1ccc2c(c1)c1ccccc1n2-c1ccc(C#N)c(-c2ccc(-c3ccccc3-n3c4ccccc4c4ccccc43)cc2)c1. The summed E-state index contributed by atoms with van der Waals surface area (Å²) < 4.78 is 4.57. The van der Waals surface area contributed by atoms with Crippen molar-refractivity contribution in [3.8, 4) is 45.8 Å². The largest absolute Gasteiger partial charge is 0.309 e. The molecule has 9 aromatic rings. The van der Waals surface area contributed by atoms with Crippen LogP contribution in [0.25, 0.3) is 77.2 Å². The van der Waals surface area contributed by atoms with E-state index in [4.69, 9.17) is 0 Å². The minimum absolute atomic E-state index is 0.615. The van der Waals surface area contributed by atoms with E-state index in [9.17, 15) is 10.5 Å². The summed E-state index contributed by atoms with van der Waals surface area (Å²) in [4.78, 5) is 0. The first-order chi connectivity index (χ1) is 23.7. The number of nitriles is 2. The van der Waals surface area contributed by atoms with E-state index in [1.54, 1.807) is 0 Å². The van der Waals surface area contributed by atoms with Gasteiger partial charge in [0.05, 0.1) is 51.0 Å². The molecule has 0 amide bonds. The Bertz CT molecular complexity index is 2750. The molecule has 2 heterocycles. The highest BCUT2D eigenvalue weighted by Gasteiger charge is 2.17. The van der Waals surface area contributed by atoms with Crippen LogP contribution in [0.2, 0.25) is 0 Å². The molecule has 0 atom stereocenters. The normalized spacial score (nSPS) is 11.3. The number of hydrogen-bond acceptors (Lipinski definition) is 2. The van der Waals surface area contributed by atoms with Crippen molar-refractivity contribution in [1.82, 2.24) is 9.13 Å². The van der Waals surface area contributed by atoms with Crippen molar-refractivity contribution in [3.63, 3.8) is 0 Å². The average molecular weight is 611 g/mol. The van der Waals surface area contributed by atoms with E-state index >= 15 is 0 Å². The third kappa shape index (κ3) is 4.14. The summed E-state index contributed by atoms with van der Waals surface area (Å²) in [6.07, 6.45) is 0. The standard InChI is InChI=1S/C44H26N4/c45-27-29-17-24-44-39(25-29)37-12-4-6-14-41(37)47(44)33-23-22-32(28-46)38(26-33)31-20-18-30(19-21-31)34-9-1-5-13-40(34)48-42-15-7-2-10-35(42)36-11-3-8-16-43(36)48/h1-26H. The highest BCUT2D eigenvalue weighted by atomic mass is 15.0. The van der Waals surface area contributed by atoms with E-state index in [0.29, 0.717) is 11.1 Å². The molecule has 0 spiro atoms. The molecule has 0 fully saturated rings. The van der Waals surface area contributed by atoms with Crippen LogP contribution in [-0.4, -0.2) is 9.13 Å². The molecule has 0 saturated carbocycles. The molecule has 4 nitrogen and oxygen atoms in total. The number of fused-ring (bicyclic) bond motifs is 6. The van der Waals surface area contributed by atoms with Gasteiger partial charge in [0.25, 0.3) is 0 Å². The monoisotopic (exact) mass is 610 g/mol. The molecular formula is C44H26N4. The number of nitrogens with zero attached hydrogens (tertiary/aromatic N) is 4. The molecule has 48 heavy (non-hydrogen) atoms. The zero-order valence-electron chi connectivity index (χ0n) is 25.8. The second-order valence-electron chi connectivity index (χ2n) is 12.0. The van der Waals surface area contributed by atoms with Crippen molar-refractivity contribution in [3.05, 3.63) is 169 Å². The molecule has 2 aromatic heterocycles. The third-order valence-electron chi connectivity index (χ3n) is 9.42. The zero-order chi connectivity index (χ0) is 32.2. The Hall–Kier alpha value is -6.88. The van der Waals surface area contributed by atoms with Crippen LogP contribution in [0, 0.1) is 22.7 Å². The van der Waals surface area contributed by atoms with Gasteiger partial charge in [0, 0.05) is 38.4 Å². The number of rotatable bonds is 4. The van der Waals surface area contributed by atoms with Gasteiger partial charge in [-0.05, 0) is 71.8 Å². The first-order valence-corrected chi connectivity index (χ1v) is 15.9. The van der Waals surface area contributed by atoms with E-state index in [2.05, 4.69) is 137 Å². The van der Waals surface area contributed by atoms with Crippen LogP contribution in [0.4, 0.5) is 0 Å². The molecular weight excluding hydrogens is 585 g/mol. The topological polar surface area (TPSA) is 57.4 Å². The van der Waals surface area contributed by atoms with Gasteiger partial charge in [0.15, 0.2) is 0 Å². The van der Waals surface area contributed by atoms with Gasteiger partial charge in [-0.15, -0.1) is 0 Å². The van der Waals surface area contributed by atoms with Crippen molar-refractivity contribution in [2.45, 2.75) is 0 Å². The lowest BCUT2D eigenvalue weighted by atomic mass is 9.96. The van der Waals surface area contributed by atoms with Crippen molar-refractivity contribution in [2.75, 3.05) is 0 Å². The fourth-order valence-corrected chi connectivity index (χ4v) is 7.25. The van der Waals surface area contributed by atoms with Crippen LogP contribution >= 0.6 is 0 Å². The number of aromatic nitrogens is 2. The Morgan fingerprint density at radius 2 is 0.938 bits per heavy atom. The summed E-state index contributed by atoms with van der Waals surface area (Å²) in [7, 11) is 0. The highest BCUT2D eigenvalue weighted by molar-refractivity contribution is 6.10. The molecule has 4 heteroatoms. The predicted octanol–water partition coefficient (Wildman–Crippen LogP) is 11.0. The van der Waals surface area contributed by atoms with E-state index in [0.717, 1.165) is 55.4 Å². The van der Waals surface area contributed by atoms with Gasteiger partial charge in [0.2, 0.25) is 0 Å². The number of para-hydroxylation sites is 4. The van der Waals surface area contributed by atoms with Crippen LogP contribution in [0.15, 0.2) is 158 Å². The van der Waals surface area contributed by atoms with Crippen molar-refractivity contribution < 1.29 is 0 Å². The summed E-state index contributed by atoms with van der Waals surface area (Å²) >= 11 is 0. The molecule has 222 valence electrons. The fraction of sp³-hybridized carbons (Fsp3) is 0. The lowest BCUT2D eigenvalue weighted by Gasteiger charge is -2.15. The van der Waals surface area contributed by atoms with Gasteiger partial charge >= 0.3 is 0 Å². The highest BCUT2D eigenvalue weighted by Crippen LogP contribution is 2.38. The minimum atomic E-state index is 0.615. The maximum atomic E-state index is 10.2. The van der Waals surface area contributed by atoms with Crippen molar-refractivity contribution in [1.29, 1.82) is 10.5 Å². The third-order valence-corrected chi connectivity index (χ3v) is 9.42. The Kier molecular flexibility index (Phi) is 6.22. The number of benzene rings is 7. The molecule has 0 aliphatic heterocycles. The molecule has 7 aromatic carbocycles. The van der Waals surface area contributed by atoms with Gasteiger partial charge in [-0.25, -0.2) is 0 Å². The van der Waals surface area contributed by atoms with E-state index in [-0.39, 0.29) is 0 Å². The van der Waals surface area contributed by atoms with Crippen LogP contribution in [0.1, 0.15) is 11.1 Å².